The van der Waals surface area contributed by atoms with E-state index < -0.39 is 0 Å². The van der Waals surface area contributed by atoms with Crippen LogP contribution in [-0.2, 0) is 16.6 Å². The van der Waals surface area contributed by atoms with E-state index in [0.29, 0.717) is 13.0 Å². The Kier molecular flexibility index (Phi) is 4.26. The average molecular weight is 281 g/mol. The Labute approximate surface area is 119 Å². The molecule has 1 fully saturated rings. The molecule has 0 bridgehead atoms. The van der Waals surface area contributed by atoms with Gasteiger partial charge in [-0.25, -0.2) is 4.98 Å². The molecule has 1 amide bonds. The second-order valence-corrected chi connectivity index (χ2v) is 7.17. The topological polar surface area (TPSA) is 59.2 Å². The van der Waals surface area contributed by atoms with Crippen LogP contribution in [0.2, 0.25) is 0 Å². The number of nitrogens with two attached hydrogens (primary N) is 1. The van der Waals surface area contributed by atoms with Gasteiger partial charge < -0.3 is 10.6 Å². The average Bonchev–Trinajstić information content (AvgIpc) is 2.77. The van der Waals surface area contributed by atoms with Gasteiger partial charge in [0.2, 0.25) is 5.91 Å². The molecule has 0 radical (unpaired) electrons. The van der Waals surface area contributed by atoms with Gasteiger partial charge in [-0.05, 0) is 12.8 Å². The second kappa shape index (κ2) is 5.59. The van der Waals surface area contributed by atoms with E-state index in [1.54, 1.807) is 11.3 Å². The molecule has 106 valence electrons. The Morgan fingerprint density at radius 1 is 1.58 bits per heavy atom. The summed E-state index contributed by atoms with van der Waals surface area (Å²) in [6.45, 7) is 7.95. The molecule has 1 atom stereocenters. The van der Waals surface area contributed by atoms with Gasteiger partial charge in [0, 0.05) is 29.9 Å². The smallest absolute Gasteiger partial charge is 0.228 e. The first-order chi connectivity index (χ1) is 8.86. The maximum atomic E-state index is 12.2. The van der Waals surface area contributed by atoms with Crippen LogP contribution < -0.4 is 5.73 Å². The number of aromatic nitrogens is 1. The monoisotopic (exact) mass is 281 g/mol. The first-order valence-corrected chi connectivity index (χ1v) is 7.72. The van der Waals surface area contributed by atoms with E-state index in [1.807, 2.05) is 10.3 Å². The van der Waals surface area contributed by atoms with Crippen LogP contribution in [-0.4, -0.2) is 34.9 Å². The molecular weight excluding hydrogens is 258 g/mol. The summed E-state index contributed by atoms with van der Waals surface area (Å²) >= 11 is 1.64. The van der Waals surface area contributed by atoms with E-state index in [9.17, 15) is 4.79 Å². The lowest BCUT2D eigenvalue weighted by molar-refractivity contribution is -0.131. The minimum atomic E-state index is 0.0550. The quantitative estimate of drug-likeness (QED) is 0.901. The summed E-state index contributed by atoms with van der Waals surface area (Å²) in [4.78, 5) is 18.7. The van der Waals surface area contributed by atoms with E-state index in [-0.39, 0.29) is 17.4 Å². The summed E-state index contributed by atoms with van der Waals surface area (Å²) in [6.07, 6.45) is 2.44. The van der Waals surface area contributed by atoms with Crippen molar-refractivity contribution in [2.45, 2.75) is 51.5 Å². The first kappa shape index (κ1) is 14.5. The van der Waals surface area contributed by atoms with Gasteiger partial charge >= 0.3 is 0 Å². The highest BCUT2D eigenvalue weighted by atomic mass is 32.1. The third-order valence-corrected chi connectivity index (χ3v) is 4.65. The van der Waals surface area contributed by atoms with Crippen molar-refractivity contribution in [2.75, 3.05) is 13.1 Å². The highest BCUT2D eigenvalue weighted by Crippen LogP contribution is 2.25. The Bertz CT molecular complexity index is 450. The van der Waals surface area contributed by atoms with Gasteiger partial charge in [0.25, 0.3) is 0 Å². The molecule has 1 unspecified atom stereocenters. The standard InChI is InChI=1S/C14H23N3OS/c1-14(2,3)13-16-11(9-19-13)7-12(18)17-6-4-5-10(15)8-17/h9-10H,4-8,15H2,1-3H3. The number of likely N-dealkylation sites (tertiary alicyclic amines) is 1. The lowest BCUT2D eigenvalue weighted by Crippen LogP contribution is -2.46. The zero-order valence-corrected chi connectivity index (χ0v) is 12.8. The highest BCUT2D eigenvalue weighted by Gasteiger charge is 2.23. The minimum Gasteiger partial charge on any atom is -0.341 e. The lowest BCUT2D eigenvalue weighted by Gasteiger charge is -2.30. The van der Waals surface area contributed by atoms with Crippen molar-refractivity contribution >= 4 is 17.2 Å². The normalized spacial score (nSPS) is 20.6. The molecule has 0 aliphatic carbocycles. The van der Waals surface area contributed by atoms with Gasteiger partial charge in [-0.3, -0.25) is 4.79 Å². The SMILES string of the molecule is CC(C)(C)c1nc(CC(=O)N2CCCC(N)C2)cs1. The van der Waals surface area contributed by atoms with Crippen molar-refractivity contribution in [3.63, 3.8) is 0 Å². The van der Waals surface area contributed by atoms with E-state index in [4.69, 9.17) is 5.73 Å². The zero-order chi connectivity index (χ0) is 14.0. The first-order valence-electron chi connectivity index (χ1n) is 6.84. The molecule has 1 aromatic rings. The highest BCUT2D eigenvalue weighted by molar-refractivity contribution is 7.09. The predicted molar refractivity (Wildman–Crippen MR) is 78.3 cm³/mol. The Morgan fingerprint density at radius 2 is 2.32 bits per heavy atom. The molecule has 0 spiro atoms. The van der Waals surface area contributed by atoms with Crippen molar-refractivity contribution in [3.05, 3.63) is 16.1 Å². The molecule has 1 aliphatic heterocycles. The summed E-state index contributed by atoms with van der Waals surface area (Å²) in [7, 11) is 0. The Morgan fingerprint density at radius 3 is 2.89 bits per heavy atom. The third-order valence-electron chi connectivity index (χ3n) is 3.34. The number of hydrogen-bond donors (Lipinski definition) is 1. The van der Waals surface area contributed by atoms with Gasteiger partial charge in [0.15, 0.2) is 0 Å². The number of thiazole rings is 1. The van der Waals surface area contributed by atoms with Gasteiger partial charge in [0.05, 0.1) is 17.1 Å². The van der Waals surface area contributed by atoms with Crippen molar-refractivity contribution in [1.29, 1.82) is 0 Å². The van der Waals surface area contributed by atoms with Crippen LogP contribution >= 0.6 is 11.3 Å². The van der Waals surface area contributed by atoms with Crippen molar-refractivity contribution < 1.29 is 4.79 Å². The molecule has 19 heavy (non-hydrogen) atoms. The zero-order valence-electron chi connectivity index (χ0n) is 12.0. The number of hydrogen-bond acceptors (Lipinski definition) is 4. The molecule has 1 saturated heterocycles. The van der Waals surface area contributed by atoms with Crippen LogP contribution in [0.1, 0.15) is 44.3 Å². The van der Waals surface area contributed by atoms with Crippen LogP contribution in [0.4, 0.5) is 0 Å². The van der Waals surface area contributed by atoms with E-state index in [1.165, 1.54) is 0 Å². The number of carbonyl (C=O) groups excluding carboxylic acids is 1. The summed E-state index contributed by atoms with van der Waals surface area (Å²) in [5, 5.41) is 3.09. The summed E-state index contributed by atoms with van der Waals surface area (Å²) in [5.41, 5.74) is 6.85. The summed E-state index contributed by atoms with van der Waals surface area (Å²) in [6, 6.07) is 0.137. The molecule has 0 saturated carbocycles. The Balaban J connectivity index is 1.97. The van der Waals surface area contributed by atoms with E-state index >= 15 is 0 Å². The van der Waals surface area contributed by atoms with E-state index in [0.717, 1.165) is 30.1 Å². The van der Waals surface area contributed by atoms with Gasteiger partial charge in [-0.15, -0.1) is 11.3 Å². The van der Waals surface area contributed by atoms with Crippen LogP contribution in [0.15, 0.2) is 5.38 Å². The number of piperidine rings is 1. The maximum absolute atomic E-state index is 12.2. The van der Waals surface area contributed by atoms with Gasteiger partial charge in [-0.1, -0.05) is 20.8 Å². The predicted octanol–water partition coefficient (Wildman–Crippen LogP) is 1.93. The summed E-state index contributed by atoms with van der Waals surface area (Å²) < 4.78 is 0. The Hall–Kier alpha value is -0.940. The number of amides is 1. The van der Waals surface area contributed by atoms with Crippen LogP contribution in [0.25, 0.3) is 0 Å². The van der Waals surface area contributed by atoms with Crippen molar-refractivity contribution in [1.82, 2.24) is 9.88 Å². The van der Waals surface area contributed by atoms with Gasteiger partial charge in [-0.2, -0.15) is 0 Å². The molecule has 5 heteroatoms. The molecule has 0 aromatic carbocycles. The molecule has 2 rings (SSSR count). The number of rotatable bonds is 2. The lowest BCUT2D eigenvalue weighted by atomic mass is 9.98. The third kappa shape index (κ3) is 3.76. The number of nitrogens with zero attached hydrogens (tertiary/aromatic N) is 2. The second-order valence-electron chi connectivity index (χ2n) is 6.31. The molecule has 4 nitrogen and oxygen atoms in total. The fourth-order valence-electron chi connectivity index (χ4n) is 2.24. The molecule has 2 N–H and O–H groups in total. The van der Waals surface area contributed by atoms with Crippen LogP contribution in [0.5, 0.6) is 0 Å². The molecule has 1 aromatic heterocycles. The molecule has 2 heterocycles. The summed E-state index contributed by atoms with van der Waals surface area (Å²) in [5.74, 6) is 0.154. The van der Waals surface area contributed by atoms with E-state index in [2.05, 4.69) is 25.8 Å². The fraction of sp³-hybridized carbons (Fsp3) is 0.714. The van der Waals surface area contributed by atoms with Gasteiger partial charge in [0.1, 0.15) is 0 Å². The van der Waals surface area contributed by atoms with Crippen molar-refractivity contribution in [3.8, 4) is 0 Å². The largest absolute Gasteiger partial charge is 0.341 e. The van der Waals surface area contributed by atoms with Crippen LogP contribution in [0.3, 0.4) is 0 Å². The molecule has 1 aliphatic rings. The van der Waals surface area contributed by atoms with Crippen LogP contribution in [0, 0.1) is 0 Å². The minimum absolute atomic E-state index is 0.0550. The maximum Gasteiger partial charge on any atom is 0.228 e. The molecular formula is C14H23N3OS. The fourth-order valence-corrected chi connectivity index (χ4v) is 3.14. The number of carbonyl (C=O) groups is 1. The van der Waals surface area contributed by atoms with Crippen molar-refractivity contribution in [2.24, 2.45) is 5.73 Å².